The van der Waals surface area contributed by atoms with Crippen LogP contribution in [0.2, 0.25) is 0 Å². The van der Waals surface area contributed by atoms with Crippen LogP contribution in [0.25, 0.3) is 0 Å². The number of nitrogens with one attached hydrogen (secondary N) is 1. The normalized spacial score (nSPS) is 11.0. The van der Waals surface area contributed by atoms with Crippen molar-refractivity contribution in [1.29, 1.82) is 0 Å². The molecule has 116 valence electrons. The van der Waals surface area contributed by atoms with Crippen molar-refractivity contribution < 1.29 is 18.1 Å². The molecule has 2 aromatic rings. The van der Waals surface area contributed by atoms with E-state index in [-0.39, 0.29) is 10.6 Å². The molecule has 0 heterocycles. The Labute approximate surface area is 127 Å². The van der Waals surface area contributed by atoms with Gasteiger partial charge in [-0.25, -0.2) is 8.42 Å². The lowest BCUT2D eigenvalue weighted by Crippen LogP contribution is -2.13. The molecule has 0 amide bonds. The van der Waals surface area contributed by atoms with Crippen LogP contribution in [0.4, 0.5) is 11.4 Å². The first-order valence-electron chi connectivity index (χ1n) is 6.25. The number of ether oxygens (including phenoxy) is 1. The van der Waals surface area contributed by atoms with Crippen LogP contribution in [-0.2, 0) is 10.0 Å². The Morgan fingerprint density at radius 3 is 2.50 bits per heavy atom. The summed E-state index contributed by atoms with van der Waals surface area (Å²) in [6.45, 7) is 1.83. The van der Waals surface area contributed by atoms with Crippen molar-refractivity contribution in [1.82, 2.24) is 0 Å². The van der Waals surface area contributed by atoms with Crippen LogP contribution in [-0.4, -0.2) is 20.5 Å². The van der Waals surface area contributed by atoms with E-state index >= 15 is 0 Å². The van der Waals surface area contributed by atoms with Crippen molar-refractivity contribution in [3.63, 3.8) is 0 Å². The van der Waals surface area contributed by atoms with Crippen LogP contribution in [0.5, 0.6) is 5.75 Å². The van der Waals surface area contributed by atoms with E-state index in [1.807, 2.05) is 13.0 Å². The Kier molecular flexibility index (Phi) is 4.32. The molecule has 0 saturated carbocycles. The zero-order chi connectivity index (χ0) is 16.3. The highest BCUT2D eigenvalue weighted by atomic mass is 32.2. The largest absolute Gasteiger partial charge is 0.490 e. The number of rotatable bonds is 5. The van der Waals surface area contributed by atoms with Gasteiger partial charge in [0.05, 0.1) is 16.9 Å². The van der Waals surface area contributed by atoms with Gasteiger partial charge in [-0.3, -0.25) is 14.8 Å². The van der Waals surface area contributed by atoms with E-state index in [9.17, 15) is 18.5 Å². The SMILES string of the molecule is COc1ccc(S(=O)(=O)Nc2cccc(C)c2)cc1[N+](=O)[O-]. The Morgan fingerprint density at radius 1 is 1.18 bits per heavy atom. The molecule has 1 N–H and O–H groups in total. The molecule has 8 heteroatoms. The summed E-state index contributed by atoms with van der Waals surface area (Å²) in [4.78, 5) is 10.1. The van der Waals surface area contributed by atoms with Crippen molar-refractivity contribution in [2.75, 3.05) is 11.8 Å². The highest BCUT2D eigenvalue weighted by molar-refractivity contribution is 7.92. The minimum atomic E-state index is -3.92. The summed E-state index contributed by atoms with van der Waals surface area (Å²) in [6, 6.07) is 10.3. The van der Waals surface area contributed by atoms with E-state index in [4.69, 9.17) is 4.74 Å². The molecular weight excluding hydrogens is 308 g/mol. The molecule has 0 aliphatic carbocycles. The van der Waals surface area contributed by atoms with E-state index in [2.05, 4.69) is 4.72 Å². The first kappa shape index (κ1) is 15.8. The van der Waals surface area contributed by atoms with E-state index < -0.39 is 20.6 Å². The number of hydrogen-bond donors (Lipinski definition) is 1. The smallest absolute Gasteiger partial charge is 0.312 e. The molecule has 0 saturated heterocycles. The van der Waals surface area contributed by atoms with Gasteiger partial charge in [-0.05, 0) is 36.8 Å². The molecule has 0 radical (unpaired) electrons. The van der Waals surface area contributed by atoms with Gasteiger partial charge in [-0.15, -0.1) is 0 Å². The molecule has 0 bridgehead atoms. The molecular formula is C14H14N2O5S. The lowest BCUT2D eigenvalue weighted by Gasteiger charge is -2.09. The van der Waals surface area contributed by atoms with Crippen molar-refractivity contribution >= 4 is 21.4 Å². The number of anilines is 1. The highest BCUT2D eigenvalue weighted by Gasteiger charge is 2.22. The van der Waals surface area contributed by atoms with Crippen molar-refractivity contribution in [3.8, 4) is 5.75 Å². The van der Waals surface area contributed by atoms with E-state index in [0.717, 1.165) is 11.6 Å². The van der Waals surface area contributed by atoms with Crippen LogP contribution < -0.4 is 9.46 Å². The lowest BCUT2D eigenvalue weighted by atomic mass is 10.2. The van der Waals surface area contributed by atoms with E-state index in [1.165, 1.54) is 19.2 Å². The Bertz CT molecular complexity index is 818. The fourth-order valence-corrected chi connectivity index (χ4v) is 2.97. The fourth-order valence-electron chi connectivity index (χ4n) is 1.90. The third-order valence-electron chi connectivity index (χ3n) is 2.93. The molecule has 0 aromatic heterocycles. The molecule has 22 heavy (non-hydrogen) atoms. The highest BCUT2D eigenvalue weighted by Crippen LogP contribution is 2.30. The number of nitrogens with zero attached hydrogens (tertiary/aromatic N) is 1. The molecule has 0 aliphatic rings. The minimum Gasteiger partial charge on any atom is -0.490 e. The maximum atomic E-state index is 12.3. The summed E-state index contributed by atoms with van der Waals surface area (Å²) < 4.78 is 31.9. The summed E-state index contributed by atoms with van der Waals surface area (Å²) in [5.74, 6) is -0.000458. The van der Waals surface area contributed by atoms with Crippen LogP contribution in [0.3, 0.4) is 0 Å². The average molecular weight is 322 g/mol. The Morgan fingerprint density at radius 2 is 1.91 bits per heavy atom. The summed E-state index contributed by atoms with van der Waals surface area (Å²) in [5, 5.41) is 11.0. The van der Waals surface area contributed by atoms with Gasteiger partial charge in [0.1, 0.15) is 0 Å². The van der Waals surface area contributed by atoms with Crippen LogP contribution in [0.1, 0.15) is 5.56 Å². The number of sulfonamides is 1. The van der Waals surface area contributed by atoms with Gasteiger partial charge >= 0.3 is 5.69 Å². The molecule has 2 rings (SSSR count). The van der Waals surface area contributed by atoms with Crippen molar-refractivity contribution in [3.05, 3.63) is 58.1 Å². The van der Waals surface area contributed by atoms with Crippen LogP contribution in [0.15, 0.2) is 47.4 Å². The fraction of sp³-hybridized carbons (Fsp3) is 0.143. The number of nitro benzene ring substituents is 1. The van der Waals surface area contributed by atoms with Gasteiger partial charge in [0, 0.05) is 11.8 Å². The number of benzene rings is 2. The molecule has 0 unspecified atom stereocenters. The lowest BCUT2D eigenvalue weighted by molar-refractivity contribution is -0.386. The topological polar surface area (TPSA) is 98.5 Å². The monoisotopic (exact) mass is 322 g/mol. The summed E-state index contributed by atoms with van der Waals surface area (Å²) in [6.07, 6.45) is 0. The Hall–Kier alpha value is -2.61. The molecule has 0 spiro atoms. The van der Waals surface area contributed by atoms with Crippen LogP contribution >= 0.6 is 0 Å². The number of hydrogen-bond acceptors (Lipinski definition) is 5. The Balaban J connectivity index is 2.41. The maximum Gasteiger partial charge on any atom is 0.312 e. The number of nitro groups is 1. The van der Waals surface area contributed by atoms with Gasteiger partial charge < -0.3 is 4.74 Å². The summed E-state index contributed by atoms with van der Waals surface area (Å²) >= 11 is 0. The molecule has 0 fully saturated rings. The van der Waals surface area contributed by atoms with E-state index in [0.29, 0.717) is 5.69 Å². The third-order valence-corrected chi connectivity index (χ3v) is 4.31. The number of methoxy groups -OCH3 is 1. The first-order chi connectivity index (χ1) is 10.3. The predicted octanol–water partition coefficient (Wildman–Crippen LogP) is 2.71. The zero-order valence-electron chi connectivity index (χ0n) is 11.9. The summed E-state index contributed by atoms with van der Waals surface area (Å²) in [7, 11) is -2.64. The maximum absolute atomic E-state index is 12.3. The number of aryl methyl sites for hydroxylation is 1. The summed E-state index contributed by atoms with van der Waals surface area (Å²) in [5.41, 5.74) is 0.869. The van der Waals surface area contributed by atoms with Gasteiger partial charge in [-0.2, -0.15) is 0 Å². The van der Waals surface area contributed by atoms with Gasteiger partial charge in [0.2, 0.25) is 0 Å². The zero-order valence-corrected chi connectivity index (χ0v) is 12.8. The first-order valence-corrected chi connectivity index (χ1v) is 7.74. The molecule has 0 atom stereocenters. The standard InChI is InChI=1S/C14H14N2O5S/c1-10-4-3-5-11(8-10)15-22(19,20)12-6-7-14(21-2)13(9-12)16(17)18/h3-9,15H,1-2H3. The van der Waals surface area contributed by atoms with Gasteiger partial charge in [-0.1, -0.05) is 12.1 Å². The van der Waals surface area contributed by atoms with Gasteiger partial charge in [0.15, 0.2) is 5.75 Å². The predicted molar refractivity (Wildman–Crippen MR) is 81.6 cm³/mol. The van der Waals surface area contributed by atoms with Crippen molar-refractivity contribution in [2.24, 2.45) is 0 Å². The quantitative estimate of drug-likeness (QED) is 0.674. The molecule has 2 aromatic carbocycles. The second-order valence-electron chi connectivity index (χ2n) is 4.57. The van der Waals surface area contributed by atoms with Crippen LogP contribution in [0, 0.1) is 17.0 Å². The van der Waals surface area contributed by atoms with E-state index in [1.54, 1.807) is 18.2 Å². The third kappa shape index (κ3) is 3.34. The second kappa shape index (κ2) is 6.02. The average Bonchev–Trinajstić information content (AvgIpc) is 2.46. The second-order valence-corrected chi connectivity index (χ2v) is 6.25. The molecule has 7 nitrogen and oxygen atoms in total. The molecule has 0 aliphatic heterocycles. The van der Waals surface area contributed by atoms with Crippen molar-refractivity contribution in [2.45, 2.75) is 11.8 Å². The van der Waals surface area contributed by atoms with Gasteiger partial charge in [0.25, 0.3) is 10.0 Å². The minimum absolute atomic E-state index is 0.000458.